The SMILES string of the molecule is C/C=C/CC/C=C/CC/C=C/CO. The molecule has 0 aromatic carbocycles. The number of allylic oxidation sites excluding steroid dienone is 5. The Labute approximate surface area is 81.5 Å². The highest BCUT2D eigenvalue weighted by molar-refractivity contribution is 4.89. The molecular weight excluding hydrogens is 160 g/mol. The third-order valence-electron chi connectivity index (χ3n) is 1.67. The molecule has 1 N–H and O–H groups in total. The van der Waals surface area contributed by atoms with Crippen LogP contribution in [0.2, 0.25) is 0 Å². The van der Waals surface area contributed by atoms with Gasteiger partial charge in [0.2, 0.25) is 0 Å². The lowest BCUT2D eigenvalue weighted by Gasteiger charge is -1.87. The molecule has 0 fully saturated rings. The average Bonchev–Trinajstić information content (AvgIpc) is 2.16. The summed E-state index contributed by atoms with van der Waals surface area (Å²) in [5, 5.41) is 8.45. The van der Waals surface area contributed by atoms with Crippen molar-refractivity contribution in [1.82, 2.24) is 0 Å². The fraction of sp³-hybridized carbons (Fsp3) is 0.500. The van der Waals surface area contributed by atoms with Crippen molar-refractivity contribution in [2.24, 2.45) is 0 Å². The second-order valence-corrected chi connectivity index (χ2v) is 2.85. The van der Waals surface area contributed by atoms with E-state index in [1.54, 1.807) is 6.08 Å². The van der Waals surface area contributed by atoms with Crippen LogP contribution in [0.4, 0.5) is 0 Å². The summed E-state index contributed by atoms with van der Waals surface area (Å²) < 4.78 is 0. The van der Waals surface area contributed by atoms with Crippen molar-refractivity contribution in [3.63, 3.8) is 0 Å². The predicted octanol–water partition coefficient (Wildman–Crippen LogP) is 3.23. The van der Waals surface area contributed by atoms with Crippen LogP contribution in [0.3, 0.4) is 0 Å². The summed E-state index contributed by atoms with van der Waals surface area (Å²) in [6.07, 6.45) is 16.8. The molecule has 0 aliphatic carbocycles. The van der Waals surface area contributed by atoms with Crippen LogP contribution in [0.25, 0.3) is 0 Å². The Morgan fingerprint density at radius 2 is 1.23 bits per heavy atom. The topological polar surface area (TPSA) is 20.2 Å². The Morgan fingerprint density at radius 3 is 1.69 bits per heavy atom. The quantitative estimate of drug-likeness (QED) is 0.471. The lowest BCUT2D eigenvalue weighted by Crippen LogP contribution is -1.71. The smallest absolute Gasteiger partial charge is 0.0612 e. The minimum atomic E-state index is 0.158. The standard InChI is InChI=1S/C12H20O/c1-2-3-4-5-6-7-8-9-10-11-12-13/h2-3,6-7,10-11,13H,4-5,8-9,12H2,1H3/b3-2+,7-6+,11-10+. The van der Waals surface area contributed by atoms with Gasteiger partial charge < -0.3 is 5.11 Å². The molecule has 0 aromatic rings. The highest BCUT2D eigenvalue weighted by Crippen LogP contribution is 1.97. The zero-order valence-corrected chi connectivity index (χ0v) is 8.45. The summed E-state index contributed by atoms with van der Waals surface area (Å²) in [6, 6.07) is 0. The molecule has 1 nitrogen and oxygen atoms in total. The van der Waals surface area contributed by atoms with Crippen molar-refractivity contribution in [2.45, 2.75) is 32.6 Å². The van der Waals surface area contributed by atoms with Gasteiger partial charge in [0.15, 0.2) is 0 Å². The van der Waals surface area contributed by atoms with Gasteiger partial charge in [0.25, 0.3) is 0 Å². The van der Waals surface area contributed by atoms with Gasteiger partial charge in [-0.15, -0.1) is 0 Å². The second-order valence-electron chi connectivity index (χ2n) is 2.85. The van der Waals surface area contributed by atoms with Gasteiger partial charge in [0, 0.05) is 0 Å². The molecule has 0 atom stereocenters. The van der Waals surface area contributed by atoms with Crippen LogP contribution >= 0.6 is 0 Å². The van der Waals surface area contributed by atoms with E-state index in [2.05, 4.69) is 24.3 Å². The lowest BCUT2D eigenvalue weighted by atomic mass is 10.2. The summed E-state index contributed by atoms with van der Waals surface area (Å²) in [5.41, 5.74) is 0. The molecule has 0 saturated carbocycles. The van der Waals surface area contributed by atoms with Crippen LogP contribution in [-0.4, -0.2) is 11.7 Å². The van der Waals surface area contributed by atoms with Crippen molar-refractivity contribution in [3.05, 3.63) is 36.5 Å². The average molecular weight is 180 g/mol. The van der Waals surface area contributed by atoms with Gasteiger partial charge in [-0.2, -0.15) is 0 Å². The summed E-state index contributed by atoms with van der Waals surface area (Å²) in [5.74, 6) is 0. The van der Waals surface area contributed by atoms with E-state index in [4.69, 9.17) is 5.11 Å². The molecule has 0 heterocycles. The highest BCUT2D eigenvalue weighted by atomic mass is 16.2. The summed E-state index contributed by atoms with van der Waals surface area (Å²) >= 11 is 0. The van der Waals surface area contributed by atoms with E-state index in [1.807, 2.05) is 13.0 Å². The maximum atomic E-state index is 8.45. The van der Waals surface area contributed by atoms with E-state index in [0.717, 1.165) is 25.7 Å². The fourth-order valence-electron chi connectivity index (χ4n) is 0.980. The van der Waals surface area contributed by atoms with Crippen LogP contribution in [0.5, 0.6) is 0 Å². The third kappa shape index (κ3) is 11.2. The Hall–Kier alpha value is -0.820. The van der Waals surface area contributed by atoms with Crippen molar-refractivity contribution in [2.75, 3.05) is 6.61 Å². The van der Waals surface area contributed by atoms with Gasteiger partial charge in [-0.05, 0) is 32.6 Å². The van der Waals surface area contributed by atoms with E-state index in [1.165, 1.54) is 0 Å². The Kier molecular flexibility index (Phi) is 10.5. The molecule has 0 radical (unpaired) electrons. The number of hydrogen-bond donors (Lipinski definition) is 1. The third-order valence-corrected chi connectivity index (χ3v) is 1.67. The molecule has 0 unspecified atom stereocenters. The van der Waals surface area contributed by atoms with Crippen molar-refractivity contribution < 1.29 is 5.11 Å². The first-order valence-corrected chi connectivity index (χ1v) is 4.93. The summed E-state index contributed by atoms with van der Waals surface area (Å²) in [7, 11) is 0. The molecule has 0 spiro atoms. The van der Waals surface area contributed by atoms with E-state index in [0.29, 0.717) is 0 Å². The van der Waals surface area contributed by atoms with Crippen molar-refractivity contribution in [3.8, 4) is 0 Å². The van der Waals surface area contributed by atoms with E-state index in [9.17, 15) is 0 Å². The van der Waals surface area contributed by atoms with Gasteiger partial charge in [0.05, 0.1) is 6.61 Å². The molecule has 0 bridgehead atoms. The van der Waals surface area contributed by atoms with Crippen LogP contribution < -0.4 is 0 Å². The minimum absolute atomic E-state index is 0.158. The van der Waals surface area contributed by atoms with Gasteiger partial charge in [-0.3, -0.25) is 0 Å². The molecule has 0 rings (SSSR count). The van der Waals surface area contributed by atoms with Crippen LogP contribution in [-0.2, 0) is 0 Å². The lowest BCUT2D eigenvalue weighted by molar-refractivity contribution is 0.342. The monoisotopic (exact) mass is 180 g/mol. The molecule has 0 amide bonds. The van der Waals surface area contributed by atoms with E-state index >= 15 is 0 Å². The molecule has 0 aliphatic rings. The predicted molar refractivity (Wildman–Crippen MR) is 58.6 cm³/mol. The van der Waals surface area contributed by atoms with Gasteiger partial charge in [-0.25, -0.2) is 0 Å². The number of hydrogen-bond acceptors (Lipinski definition) is 1. The number of aliphatic hydroxyl groups excluding tert-OH is 1. The number of rotatable bonds is 7. The molecule has 0 aliphatic heterocycles. The molecule has 0 saturated heterocycles. The Bertz CT molecular complexity index is 166. The first-order valence-electron chi connectivity index (χ1n) is 4.93. The molecule has 1 heteroatoms. The van der Waals surface area contributed by atoms with Crippen LogP contribution in [0.15, 0.2) is 36.5 Å². The van der Waals surface area contributed by atoms with Gasteiger partial charge in [-0.1, -0.05) is 36.5 Å². The fourth-order valence-corrected chi connectivity index (χ4v) is 0.980. The normalized spacial score (nSPS) is 12.5. The Morgan fingerprint density at radius 1 is 0.769 bits per heavy atom. The first-order chi connectivity index (χ1) is 6.41. The van der Waals surface area contributed by atoms with Crippen molar-refractivity contribution in [1.29, 1.82) is 0 Å². The molecule has 0 aromatic heterocycles. The summed E-state index contributed by atoms with van der Waals surface area (Å²) in [6.45, 7) is 2.20. The second kappa shape index (κ2) is 11.2. The summed E-state index contributed by atoms with van der Waals surface area (Å²) in [4.78, 5) is 0. The maximum Gasteiger partial charge on any atom is 0.0612 e. The number of unbranched alkanes of at least 4 members (excludes halogenated alkanes) is 2. The van der Waals surface area contributed by atoms with E-state index < -0.39 is 0 Å². The highest BCUT2D eigenvalue weighted by Gasteiger charge is 1.77. The Balaban J connectivity index is 3.17. The van der Waals surface area contributed by atoms with Crippen LogP contribution in [0, 0.1) is 0 Å². The maximum absolute atomic E-state index is 8.45. The van der Waals surface area contributed by atoms with Crippen LogP contribution in [0.1, 0.15) is 32.6 Å². The molecular formula is C12H20O. The van der Waals surface area contributed by atoms with Gasteiger partial charge in [0.1, 0.15) is 0 Å². The largest absolute Gasteiger partial charge is 0.392 e. The zero-order chi connectivity index (χ0) is 9.78. The van der Waals surface area contributed by atoms with Crippen molar-refractivity contribution >= 4 is 0 Å². The van der Waals surface area contributed by atoms with Gasteiger partial charge >= 0.3 is 0 Å². The zero-order valence-electron chi connectivity index (χ0n) is 8.45. The molecule has 74 valence electrons. The number of aliphatic hydroxyl groups is 1. The molecule has 13 heavy (non-hydrogen) atoms. The minimum Gasteiger partial charge on any atom is -0.392 e. The first kappa shape index (κ1) is 12.2. The van der Waals surface area contributed by atoms with E-state index in [-0.39, 0.29) is 6.61 Å².